The monoisotopic (exact) mass is 329 g/mol. The largest absolute Gasteiger partial charge is 0.340 e. The molecule has 1 heteroatoms. The van der Waals surface area contributed by atoms with E-state index in [0.29, 0.717) is 0 Å². The maximum absolute atomic E-state index is 2.46. The molecule has 1 nitrogen and oxygen atoms in total. The molecular weight excluding hydrogens is 302 g/mol. The van der Waals surface area contributed by atoms with Crippen molar-refractivity contribution in [3.63, 3.8) is 0 Å². The third-order valence-corrected chi connectivity index (χ3v) is 4.79. The molecule has 0 fully saturated rings. The van der Waals surface area contributed by atoms with Crippen LogP contribution in [-0.4, -0.2) is 0 Å². The van der Waals surface area contributed by atoms with Gasteiger partial charge in [0.05, 0.1) is 0 Å². The van der Waals surface area contributed by atoms with Crippen molar-refractivity contribution in [1.29, 1.82) is 0 Å². The molecule has 0 aromatic heterocycles. The van der Waals surface area contributed by atoms with Crippen molar-refractivity contribution >= 4 is 5.69 Å². The highest BCUT2D eigenvalue weighted by Gasteiger charge is 2.15. The second kappa shape index (κ2) is 7.57. The number of rotatable bonds is 4. The van der Waals surface area contributed by atoms with Gasteiger partial charge < -0.3 is 4.90 Å². The molecular formula is C24H27N. The molecule has 0 heterocycles. The van der Waals surface area contributed by atoms with Gasteiger partial charge >= 0.3 is 0 Å². The molecule has 2 aromatic carbocycles. The Labute approximate surface area is 152 Å². The molecule has 1 aliphatic rings. The number of nitrogens with zero attached hydrogens (tertiary/aromatic N) is 1. The van der Waals surface area contributed by atoms with Crippen LogP contribution in [0.2, 0.25) is 0 Å². The minimum absolute atomic E-state index is 0.892. The summed E-state index contributed by atoms with van der Waals surface area (Å²) < 4.78 is 0. The zero-order chi connectivity index (χ0) is 17.8. The number of allylic oxidation sites excluding steroid dienone is 5. The van der Waals surface area contributed by atoms with E-state index in [4.69, 9.17) is 0 Å². The van der Waals surface area contributed by atoms with Crippen LogP contribution in [0.4, 0.5) is 5.69 Å². The molecule has 0 saturated heterocycles. The summed E-state index contributed by atoms with van der Waals surface area (Å²) in [6, 6.07) is 13.5. The Hall–Kier alpha value is -2.54. The highest BCUT2D eigenvalue weighted by molar-refractivity contribution is 5.60. The average molecular weight is 329 g/mol. The molecule has 25 heavy (non-hydrogen) atoms. The van der Waals surface area contributed by atoms with E-state index in [2.05, 4.69) is 99.4 Å². The van der Waals surface area contributed by atoms with Crippen LogP contribution in [0.1, 0.15) is 34.2 Å². The first-order valence-corrected chi connectivity index (χ1v) is 8.98. The van der Waals surface area contributed by atoms with Gasteiger partial charge in [-0.25, -0.2) is 0 Å². The van der Waals surface area contributed by atoms with Gasteiger partial charge in [-0.05, 0) is 56.5 Å². The third-order valence-electron chi connectivity index (χ3n) is 4.79. The number of anilines is 1. The van der Waals surface area contributed by atoms with Crippen molar-refractivity contribution in [2.75, 3.05) is 4.90 Å². The quantitative estimate of drug-likeness (QED) is 0.634. The van der Waals surface area contributed by atoms with Crippen molar-refractivity contribution < 1.29 is 0 Å². The van der Waals surface area contributed by atoms with Crippen LogP contribution >= 0.6 is 0 Å². The minimum atomic E-state index is 0.892. The highest BCUT2D eigenvalue weighted by atomic mass is 15.1. The van der Waals surface area contributed by atoms with Crippen molar-refractivity contribution in [2.24, 2.45) is 0 Å². The summed E-state index contributed by atoms with van der Waals surface area (Å²) in [5.41, 5.74) is 9.31. The lowest BCUT2D eigenvalue weighted by molar-refractivity contribution is 0.875. The Balaban J connectivity index is 2.03. The molecule has 0 bridgehead atoms. The van der Waals surface area contributed by atoms with Crippen LogP contribution in [0.5, 0.6) is 0 Å². The minimum Gasteiger partial charge on any atom is -0.340 e. The fourth-order valence-corrected chi connectivity index (χ4v) is 3.41. The van der Waals surface area contributed by atoms with Crippen molar-refractivity contribution in [3.05, 3.63) is 100 Å². The lowest BCUT2D eigenvalue weighted by atomic mass is 10.0. The van der Waals surface area contributed by atoms with Gasteiger partial charge in [0.2, 0.25) is 0 Å². The maximum atomic E-state index is 2.46. The molecule has 128 valence electrons. The van der Waals surface area contributed by atoms with E-state index >= 15 is 0 Å². The van der Waals surface area contributed by atoms with Gasteiger partial charge in [-0.2, -0.15) is 0 Å². The topological polar surface area (TPSA) is 3.24 Å². The SMILES string of the molecule is Cc1ccc(CN(C2=CC=CC=CC2)c2ccc(C)cc2C)c(C)c1. The summed E-state index contributed by atoms with van der Waals surface area (Å²) in [6.07, 6.45) is 11.8. The normalized spacial score (nSPS) is 13.5. The average Bonchev–Trinajstić information content (AvgIpc) is 2.84. The van der Waals surface area contributed by atoms with Crippen LogP contribution in [0.3, 0.4) is 0 Å². The van der Waals surface area contributed by atoms with E-state index < -0.39 is 0 Å². The van der Waals surface area contributed by atoms with Gasteiger partial charge in [0, 0.05) is 24.4 Å². The fourth-order valence-electron chi connectivity index (χ4n) is 3.41. The Morgan fingerprint density at radius 3 is 2.24 bits per heavy atom. The first kappa shape index (κ1) is 17.3. The summed E-state index contributed by atoms with van der Waals surface area (Å²) >= 11 is 0. The lowest BCUT2D eigenvalue weighted by Crippen LogP contribution is -2.23. The third kappa shape index (κ3) is 4.11. The molecule has 0 atom stereocenters. The fraction of sp³-hybridized carbons (Fsp3) is 0.250. The van der Waals surface area contributed by atoms with Crippen LogP contribution in [0.15, 0.2) is 72.5 Å². The molecule has 0 unspecified atom stereocenters. The maximum Gasteiger partial charge on any atom is 0.0481 e. The van der Waals surface area contributed by atoms with E-state index in [0.717, 1.165) is 13.0 Å². The zero-order valence-corrected chi connectivity index (χ0v) is 15.7. The van der Waals surface area contributed by atoms with Crippen molar-refractivity contribution in [1.82, 2.24) is 0 Å². The number of hydrogen-bond acceptors (Lipinski definition) is 1. The van der Waals surface area contributed by atoms with Gasteiger partial charge in [0.1, 0.15) is 0 Å². The lowest BCUT2D eigenvalue weighted by Gasteiger charge is -2.29. The molecule has 0 amide bonds. The van der Waals surface area contributed by atoms with Crippen LogP contribution in [0.25, 0.3) is 0 Å². The molecule has 0 N–H and O–H groups in total. The summed E-state index contributed by atoms with van der Waals surface area (Å²) in [7, 11) is 0. The zero-order valence-electron chi connectivity index (χ0n) is 15.7. The number of hydrogen-bond donors (Lipinski definition) is 0. The Kier molecular flexibility index (Phi) is 5.23. The molecule has 1 aliphatic carbocycles. The van der Waals surface area contributed by atoms with Gasteiger partial charge in [0.25, 0.3) is 0 Å². The smallest absolute Gasteiger partial charge is 0.0481 e. The predicted molar refractivity (Wildman–Crippen MR) is 109 cm³/mol. The van der Waals surface area contributed by atoms with Gasteiger partial charge in [0.15, 0.2) is 0 Å². The molecule has 0 aliphatic heterocycles. The summed E-state index contributed by atoms with van der Waals surface area (Å²) in [6.45, 7) is 9.62. The Bertz CT molecular complexity index is 852. The molecule has 0 saturated carbocycles. The van der Waals surface area contributed by atoms with Gasteiger partial charge in [-0.3, -0.25) is 0 Å². The summed E-state index contributed by atoms with van der Waals surface area (Å²) in [5, 5.41) is 0. The van der Waals surface area contributed by atoms with Crippen molar-refractivity contribution in [2.45, 2.75) is 40.7 Å². The van der Waals surface area contributed by atoms with Crippen molar-refractivity contribution in [3.8, 4) is 0 Å². The Morgan fingerprint density at radius 1 is 0.800 bits per heavy atom. The first-order valence-electron chi connectivity index (χ1n) is 8.98. The Morgan fingerprint density at radius 2 is 1.52 bits per heavy atom. The van der Waals surface area contributed by atoms with E-state index in [1.165, 1.54) is 39.2 Å². The van der Waals surface area contributed by atoms with E-state index in [1.807, 2.05) is 0 Å². The van der Waals surface area contributed by atoms with E-state index in [1.54, 1.807) is 0 Å². The van der Waals surface area contributed by atoms with Crippen LogP contribution in [0, 0.1) is 27.7 Å². The van der Waals surface area contributed by atoms with Crippen LogP contribution in [-0.2, 0) is 6.54 Å². The summed E-state index contributed by atoms with van der Waals surface area (Å²) in [4.78, 5) is 2.46. The molecule has 3 rings (SSSR count). The van der Waals surface area contributed by atoms with E-state index in [9.17, 15) is 0 Å². The van der Waals surface area contributed by atoms with Crippen LogP contribution < -0.4 is 4.90 Å². The number of benzene rings is 2. The summed E-state index contributed by atoms with van der Waals surface area (Å²) in [5.74, 6) is 0. The molecule has 0 spiro atoms. The molecule has 2 aromatic rings. The first-order chi connectivity index (χ1) is 12.0. The second-order valence-electron chi connectivity index (χ2n) is 6.98. The standard InChI is InChI=1S/C24H27N/c1-18-11-13-22(20(3)15-18)17-25(23-9-7-5-6-8-10-23)24-14-12-19(2)16-21(24)4/h5-9,11-16H,10,17H2,1-4H3. The highest BCUT2D eigenvalue weighted by Crippen LogP contribution is 2.29. The molecule has 0 radical (unpaired) electrons. The van der Waals surface area contributed by atoms with Gasteiger partial charge in [-0.15, -0.1) is 0 Å². The predicted octanol–water partition coefficient (Wildman–Crippen LogP) is 6.33. The van der Waals surface area contributed by atoms with E-state index in [-0.39, 0.29) is 0 Å². The second-order valence-corrected chi connectivity index (χ2v) is 6.98. The van der Waals surface area contributed by atoms with Gasteiger partial charge in [-0.1, -0.05) is 65.8 Å². The number of aryl methyl sites for hydroxylation is 4.